The molecule has 1 atom stereocenters. The molecule has 0 fully saturated rings. The first-order valence-corrected chi connectivity index (χ1v) is 3.98. The molecule has 0 aliphatic rings. The van der Waals surface area contributed by atoms with Gasteiger partial charge in [-0.3, -0.25) is 0 Å². The molecular weight excluding hydrogens is 128 g/mol. The molecule has 0 aromatic heterocycles. The Morgan fingerprint density at radius 1 is 1.40 bits per heavy atom. The van der Waals surface area contributed by atoms with E-state index in [2.05, 4.69) is 6.92 Å². The van der Waals surface area contributed by atoms with Crippen LogP contribution in [0.3, 0.4) is 0 Å². The smallest absolute Gasteiger partial charge is 0.0572 e. The van der Waals surface area contributed by atoms with Crippen molar-refractivity contribution in [2.75, 3.05) is 13.7 Å². The third-order valence-electron chi connectivity index (χ3n) is 1.63. The zero-order valence-corrected chi connectivity index (χ0v) is 6.97. The van der Waals surface area contributed by atoms with Crippen LogP contribution >= 0.6 is 0 Å². The molecule has 0 aliphatic heterocycles. The molecule has 2 nitrogen and oxygen atoms in total. The van der Waals surface area contributed by atoms with Crippen LogP contribution in [0.1, 0.15) is 32.6 Å². The summed E-state index contributed by atoms with van der Waals surface area (Å²) in [7, 11) is 1.73. The predicted octanol–water partition coefficient (Wildman–Crippen LogP) is 1.57. The molecule has 0 unspecified atom stereocenters. The quantitative estimate of drug-likeness (QED) is 0.616. The topological polar surface area (TPSA) is 29.5 Å². The van der Waals surface area contributed by atoms with Gasteiger partial charge in [0.1, 0.15) is 0 Å². The molecule has 0 saturated heterocycles. The van der Waals surface area contributed by atoms with Gasteiger partial charge < -0.3 is 9.84 Å². The number of ether oxygens (including phenoxy) is 1. The fraction of sp³-hybridized carbons (Fsp3) is 1.00. The van der Waals surface area contributed by atoms with Crippen molar-refractivity contribution in [3.8, 4) is 0 Å². The van der Waals surface area contributed by atoms with Gasteiger partial charge in [0.2, 0.25) is 0 Å². The molecule has 10 heavy (non-hydrogen) atoms. The van der Waals surface area contributed by atoms with Crippen LogP contribution in [0.2, 0.25) is 0 Å². The summed E-state index contributed by atoms with van der Waals surface area (Å²) >= 11 is 0. The van der Waals surface area contributed by atoms with Crippen molar-refractivity contribution in [2.45, 2.75) is 38.7 Å². The molecule has 2 heteroatoms. The number of aliphatic hydroxyl groups excluding tert-OH is 1. The number of rotatable bonds is 6. The summed E-state index contributed by atoms with van der Waals surface area (Å²) in [5, 5.41) is 8.52. The van der Waals surface area contributed by atoms with Gasteiger partial charge in [0, 0.05) is 13.7 Å². The summed E-state index contributed by atoms with van der Waals surface area (Å²) in [6, 6.07) is 0. The lowest BCUT2D eigenvalue weighted by molar-refractivity contribution is 0.0804. The molecule has 0 aliphatic carbocycles. The van der Waals surface area contributed by atoms with Crippen molar-refractivity contribution in [3.05, 3.63) is 0 Å². The summed E-state index contributed by atoms with van der Waals surface area (Å²) < 4.78 is 5.18. The van der Waals surface area contributed by atoms with Gasteiger partial charge in [-0.2, -0.15) is 0 Å². The van der Waals surface area contributed by atoms with Crippen LogP contribution in [0.25, 0.3) is 0 Å². The van der Waals surface area contributed by atoms with Crippen molar-refractivity contribution in [1.82, 2.24) is 0 Å². The van der Waals surface area contributed by atoms with Gasteiger partial charge in [-0.1, -0.05) is 13.3 Å². The molecule has 0 aromatic rings. The van der Waals surface area contributed by atoms with E-state index in [1.165, 1.54) is 0 Å². The predicted molar refractivity (Wildman–Crippen MR) is 42.0 cm³/mol. The second kappa shape index (κ2) is 7.03. The summed E-state index contributed by atoms with van der Waals surface area (Å²) in [6.45, 7) is 2.43. The lowest BCUT2D eigenvalue weighted by Crippen LogP contribution is -2.10. The molecule has 0 aromatic carbocycles. The first-order chi connectivity index (χ1) is 4.85. The molecule has 0 amide bonds. The standard InChI is InChI=1S/C8H18O2/c1-3-5-8(10-2)6-4-7-9/h8-9H,3-7H2,1-2H3/t8-/m0/s1. The normalized spacial score (nSPS) is 13.5. The number of aliphatic hydroxyl groups is 1. The third kappa shape index (κ3) is 4.77. The number of hydrogen-bond donors (Lipinski definition) is 1. The van der Waals surface area contributed by atoms with E-state index in [1.807, 2.05) is 0 Å². The Kier molecular flexibility index (Phi) is 6.98. The average molecular weight is 146 g/mol. The Morgan fingerprint density at radius 3 is 2.50 bits per heavy atom. The summed E-state index contributed by atoms with van der Waals surface area (Å²) in [5.74, 6) is 0. The number of methoxy groups -OCH3 is 1. The lowest BCUT2D eigenvalue weighted by Gasteiger charge is -2.12. The molecule has 1 N–H and O–H groups in total. The van der Waals surface area contributed by atoms with Crippen molar-refractivity contribution >= 4 is 0 Å². The van der Waals surface area contributed by atoms with E-state index in [9.17, 15) is 0 Å². The van der Waals surface area contributed by atoms with E-state index >= 15 is 0 Å². The highest BCUT2D eigenvalue weighted by Gasteiger charge is 2.03. The fourth-order valence-electron chi connectivity index (χ4n) is 1.02. The van der Waals surface area contributed by atoms with Gasteiger partial charge >= 0.3 is 0 Å². The van der Waals surface area contributed by atoms with Gasteiger partial charge in [-0.05, 0) is 19.3 Å². The molecule has 0 spiro atoms. The van der Waals surface area contributed by atoms with E-state index in [4.69, 9.17) is 9.84 Å². The highest BCUT2D eigenvalue weighted by molar-refractivity contribution is 4.55. The number of hydrogen-bond acceptors (Lipinski definition) is 2. The maximum Gasteiger partial charge on any atom is 0.0572 e. The monoisotopic (exact) mass is 146 g/mol. The SMILES string of the molecule is CCC[C@@H](CCCO)OC. The molecule has 0 heterocycles. The van der Waals surface area contributed by atoms with E-state index in [0.717, 1.165) is 25.7 Å². The molecule has 0 radical (unpaired) electrons. The Bertz CT molecular complexity index is 64.3. The van der Waals surface area contributed by atoms with E-state index in [1.54, 1.807) is 7.11 Å². The molecule has 0 rings (SSSR count). The summed E-state index contributed by atoms with van der Waals surface area (Å²) in [5.41, 5.74) is 0. The molecule has 62 valence electrons. The third-order valence-corrected chi connectivity index (χ3v) is 1.63. The van der Waals surface area contributed by atoms with Crippen LogP contribution in [0, 0.1) is 0 Å². The van der Waals surface area contributed by atoms with Crippen molar-refractivity contribution in [1.29, 1.82) is 0 Å². The second-order valence-electron chi connectivity index (χ2n) is 2.51. The van der Waals surface area contributed by atoms with Crippen molar-refractivity contribution < 1.29 is 9.84 Å². The van der Waals surface area contributed by atoms with Crippen LogP contribution < -0.4 is 0 Å². The second-order valence-corrected chi connectivity index (χ2v) is 2.51. The zero-order chi connectivity index (χ0) is 7.82. The minimum absolute atomic E-state index is 0.281. The van der Waals surface area contributed by atoms with Crippen LogP contribution in [0.5, 0.6) is 0 Å². The molecular formula is C8H18O2. The largest absolute Gasteiger partial charge is 0.396 e. The average Bonchev–Trinajstić information content (AvgIpc) is 1.98. The maximum atomic E-state index is 8.52. The summed E-state index contributed by atoms with van der Waals surface area (Å²) in [6.07, 6.45) is 4.47. The minimum atomic E-state index is 0.281. The van der Waals surface area contributed by atoms with Crippen LogP contribution in [0.4, 0.5) is 0 Å². The highest BCUT2D eigenvalue weighted by Crippen LogP contribution is 2.07. The van der Waals surface area contributed by atoms with Gasteiger partial charge in [0.05, 0.1) is 6.10 Å². The van der Waals surface area contributed by atoms with Gasteiger partial charge in [0.25, 0.3) is 0 Å². The van der Waals surface area contributed by atoms with Crippen molar-refractivity contribution in [2.24, 2.45) is 0 Å². The Labute approximate surface area is 63.2 Å². The Hall–Kier alpha value is -0.0800. The lowest BCUT2D eigenvalue weighted by atomic mass is 10.1. The summed E-state index contributed by atoms with van der Waals surface area (Å²) in [4.78, 5) is 0. The molecule has 0 bridgehead atoms. The Balaban J connectivity index is 3.21. The minimum Gasteiger partial charge on any atom is -0.396 e. The molecule has 0 saturated carbocycles. The first-order valence-electron chi connectivity index (χ1n) is 3.98. The van der Waals surface area contributed by atoms with Gasteiger partial charge in [-0.15, -0.1) is 0 Å². The Morgan fingerprint density at radius 2 is 2.10 bits per heavy atom. The van der Waals surface area contributed by atoms with E-state index in [-0.39, 0.29) is 6.61 Å². The van der Waals surface area contributed by atoms with E-state index in [0.29, 0.717) is 6.10 Å². The zero-order valence-electron chi connectivity index (χ0n) is 6.97. The van der Waals surface area contributed by atoms with Gasteiger partial charge in [-0.25, -0.2) is 0 Å². The van der Waals surface area contributed by atoms with Crippen LogP contribution in [0.15, 0.2) is 0 Å². The van der Waals surface area contributed by atoms with Crippen LogP contribution in [-0.4, -0.2) is 24.9 Å². The highest BCUT2D eigenvalue weighted by atomic mass is 16.5. The van der Waals surface area contributed by atoms with Crippen LogP contribution in [-0.2, 0) is 4.74 Å². The first kappa shape index (κ1) is 9.92. The van der Waals surface area contributed by atoms with Crippen molar-refractivity contribution in [3.63, 3.8) is 0 Å². The van der Waals surface area contributed by atoms with Gasteiger partial charge in [0.15, 0.2) is 0 Å². The maximum absolute atomic E-state index is 8.52. The fourth-order valence-corrected chi connectivity index (χ4v) is 1.02. The van der Waals surface area contributed by atoms with E-state index < -0.39 is 0 Å².